The Bertz CT molecular complexity index is 560. The molecule has 0 aliphatic rings. The number of rotatable bonds is 6. The first-order valence-electron chi connectivity index (χ1n) is 6.75. The summed E-state index contributed by atoms with van der Waals surface area (Å²) in [5, 5.41) is 4.45. The third kappa shape index (κ3) is 3.52. The van der Waals surface area contributed by atoms with Crippen molar-refractivity contribution in [3.8, 4) is 5.75 Å². The number of hydrogen-bond donors (Lipinski definition) is 1. The van der Waals surface area contributed by atoms with E-state index >= 15 is 0 Å². The molecule has 2 rings (SSSR count). The predicted octanol–water partition coefficient (Wildman–Crippen LogP) is 3.91. The Labute approximate surface area is 124 Å². The van der Waals surface area contributed by atoms with Crippen molar-refractivity contribution in [2.24, 2.45) is 0 Å². The second-order valence-corrected chi connectivity index (χ2v) is 5.46. The van der Waals surface area contributed by atoms with E-state index in [2.05, 4.69) is 36.3 Å². The molecule has 3 nitrogen and oxygen atoms in total. The molecule has 20 heavy (non-hydrogen) atoms. The highest BCUT2D eigenvalue weighted by Crippen LogP contribution is 2.36. The molecule has 0 radical (unpaired) electrons. The molecule has 4 heteroatoms. The maximum absolute atomic E-state index is 5.40. The molecule has 1 aromatic heterocycles. The van der Waals surface area contributed by atoms with Gasteiger partial charge < -0.3 is 10.1 Å². The van der Waals surface area contributed by atoms with Crippen LogP contribution < -0.4 is 10.1 Å². The fourth-order valence-electron chi connectivity index (χ4n) is 2.04. The molecule has 0 bridgehead atoms. The van der Waals surface area contributed by atoms with Crippen LogP contribution in [0.2, 0.25) is 0 Å². The van der Waals surface area contributed by atoms with E-state index in [4.69, 9.17) is 4.74 Å². The molecule has 1 N–H and O–H groups in total. The Kier molecular flexibility index (Phi) is 5.44. The Morgan fingerprint density at radius 3 is 2.80 bits per heavy atom. The van der Waals surface area contributed by atoms with E-state index in [0.717, 1.165) is 22.2 Å². The molecule has 0 fully saturated rings. The summed E-state index contributed by atoms with van der Waals surface area (Å²) in [5.74, 6) is 0.880. The van der Waals surface area contributed by atoms with E-state index in [-0.39, 0.29) is 6.04 Å². The minimum absolute atomic E-state index is 0.283. The van der Waals surface area contributed by atoms with Crippen LogP contribution in [0.3, 0.4) is 0 Å². The lowest BCUT2D eigenvalue weighted by Crippen LogP contribution is -2.18. The summed E-state index contributed by atoms with van der Waals surface area (Å²) < 4.78 is 5.40. The molecular formula is C16H20N2OS. The van der Waals surface area contributed by atoms with Gasteiger partial charge in [0.1, 0.15) is 10.8 Å². The molecule has 0 aliphatic heterocycles. The van der Waals surface area contributed by atoms with Crippen LogP contribution in [0, 0.1) is 0 Å². The summed E-state index contributed by atoms with van der Waals surface area (Å²) in [4.78, 5) is 5.60. The second-order valence-electron chi connectivity index (χ2n) is 4.43. The lowest BCUT2D eigenvalue weighted by molar-refractivity contribution is 0.405. The number of para-hydroxylation sites is 1. The van der Waals surface area contributed by atoms with E-state index in [1.807, 2.05) is 30.5 Å². The average molecular weight is 288 g/mol. The van der Waals surface area contributed by atoms with Crippen LogP contribution in [-0.2, 0) is 0 Å². The van der Waals surface area contributed by atoms with E-state index in [1.54, 1.807) is 18.9 Å². The second kappa shape index (κ2) is 7.31. The van der Waals surface area contributed by atoms with Gasteiger partial charge in [-0.1, -0.05) is 36.9 Å². The van der Waals surface area contributed by atoms with Crippen molar-refractivity contribution in [1.82, 2.24) is 10.3 Å². The normalized spacial score (nSPS) is 12.2. The van der Waals surface area contributed by atoms with Gasteiger partial charge in [0, 0.05) is 17.8 Å². The van der Waals surface area contributed by atoms with Gasteiger partial charge in [-0.15, -0.1) is 0 Å². The number of benzene rings is 1. The van der Waals surface area contributed by atoms with Crippen LogP contribution in [0.4, 0.5) is 0 Å². The van der Waals surface area contributed by atoms with Gasteiger partial charge in [0.05, 0.1) is 12.0 Å². The molecule has 0 aliphatic carbocycles. The minimum Gasteiger partial charge on any atom is -0.496 e. The van der Waals surface area contributed by atoms with Crippen molar-refractivity contribution in [1.29, 1.82) is 0 Å². The van der Waals surface area contributed by atoms with Crippen molar-refractivity contribution in [2.45, 2.75) is 29.8 Å². The van der Waals surface area contributed by atoms with Gasteiger partial charge in [-0.3, -0.25) is 0 Å². The zero-order chi connectivity index (χ0) is 14.4. The number of aromatic nitrogens is 1. The van der Waals surface area contributed by atoms with Crippen LogP contribution in [0.15, 0.2) is 52.5 Å². The molecule has 0 saturated carbocycles. The fraction of sp³-hybridized carbons (Fsp3) is 0.312. The molecule has 1 atom stereocenters. The fourth-order valence-corrected chi connectivity index (χ4v) is 3.12. The molecule has 2 aromatic rings. The maximum Gasteiger partial charge on any atom is 0.132 e. The smallest absolute Gasteiger partial charge is 0.132 e. The van der Waals surface area contributed by atoms with Crippen LogP contribution in [0.5, 0.6) is 5.75 Å². The van der Waals surface area contributed by atoms with Gasteiger partial charge >= 0.3 is 0 Å². The van der Waals surface area contributed by atoms with E-state index < -0.39 is 0 Å². The Morgan fingerprint density at radius 1 is 1.25 bits per heavy atom. The van der Waals surface area contributed by atoms with Gasteiger partial charge in [-0.05, 0) is 31.7 Å². The topological polar surface area (TPSA) is 34.2 Å². The number of pyridine rings is 1. The van der Waals surface area contributed by atoms with Gasteiger partial charge in [0.25, 0.3) is 0 Å². The predicted molar refractivity (Wildman–Crippen MR) is 83.4 cm³/mol. The highest BCUT2D eigenvalue weighted by molar-refractivity contribution is 7.99. The SMILES string of the molecule is CCNC(C)c1cccnc1Sc1ccccc1OC. The quantitative estimate of drug-likeness (QED) is 0.874. The number of methoxy groups -OCH3 is 1. The van der Waals surface area contributed by atoms with Crippen molar-refractivity contribution in [3.05, 3.63) is 48.2 Å². The summed E-state index contributed by atoms with van der Waals surface area (Å²) in [6.07, 6.45) is 1.83. The first-order chi connectivity index (χ1) is 9.76. The highest BCUT2D eigenvalue weighted by atomic mass is 32.2. The van der Waals surface area contributed by atoms with Crippen LogP contribution in [0.25, 0.3) is 0 Å². The van der Waals surface area contributed by atoms with E-state index in [1.165, 1.54) is 5.56 Å². The average Bonchev–Trinajstić information content (AvgIpc) is 2.48. The van der Waals surface area contributed by atoms with E-state index in [9.17, 15) is 0 Å². The molecule has 1 heterocycles. The summed E-state index contributed by atoms with van der Waals surface area (Å²) in [6.45, 7) is 5.21. The first-order valence-corrected chi connectivity index (χ1v) is 7.57. The van der Waals surface area contributed by atoms with Gasteiger partial charge in [-0.2, -0.15) is 0 Å². The van der Waals surface area contributed by atoms with E-state index in [0.29, 0.717) is 0 Å². The molecular weight excluding hydrogens is 268 g/mol. The Hall–Kier alpha value is -1.52. The summed E-state index contributed by atoms with van der Waals surface area (Å²) in [6, 6.07) is 12.4. The third-order valence-corrected chi connectivity index (χ3v) is 4.14. The van der Waals surface area contributed by atoms with Crippen LogP contribution in [0.1, 0.15) is 25.5 Å². The monoisotopic (exact) mass is 288 g/mol. The molecule has 0 amide bonds. The summed E-state index contributed by atoms with van der Waals surface area (Å²) in [5.41, 5.74) is 1.21. The number of hydrogen-bond acceptors (Lipinski definition) is 4. The van der Waals surface area contributed by atoms with Crippen molar-refractivity contribution < 1.29 is 4.74 Å². The molecule has 0 saturated heterocycles. The van der Waals surface area contributed by atoms with Crippen molar-refractivity contribution in [2.75, 3.05) is 13.7 Å². The zero-order valence-corrected chi connectivity index (χ0v) is 12.9. The number of ether oxygens (including phenoxy) is 1. The number of nitrogens with one attached hydrogen (secondary N) is 1. The van der Waals surface area contributed by atoms with Gasteiger partial charge in [-0.25, -0.2) is 4.98 Å². The largest absolute Gasteiger partial charge is 0.496 e. The molecule has 1 unspecified atom stereocenters. The summed E-state index contributed by atoms with van der Waals surface area (Å²) >= 11 is 1.64. The van der Waals surface area contributed by atoms with Gasteiger partial charge in [0.15, 0.2) is 0 Å². The van der Waals surface area contributed by atoms with Crippen molar-refractivity contribution in [3.63, 3.8) is 0 Å². The van der Waals surface area contributed by atoms with Crippen LogP contribution >= 0.6 is 11.8 Å². The van der Waals surface area contributed by atoms with Crippen LogP contribution in [-0.4, -0.2) is 18.6 Å². The first kappa shape index (κ1) is 14.9. The molecule has 1 aromatic carbocycles. The minimum atomic E-state index is 0.283. The standard InChI is InChI=1S/C16H20N2OS/c1-4-17-12(2)13-8-7-11-18-16(13)20-15-10-6-5-9-14(15)19-3/h5-12,17H,4H2,1-3H3. The number of nitrogens with zero attached hydrogens (tertiary/aromatic N) is 1. The lowest BCUT2D eigenvalue weighted by atomic mass is 10.1. The Balaban J connectivity index is 2.29. The summed E-state index contributed by atoms with van der Waals surface area (Å²) in [7, 11) is 1.69. The van der Waals surface area contributed by atoms with Crippen molar-refractivity contribution >= 4 is 11.8 Å². The third-order valence-electron chi connectivity index (χ3n) is 3.05. The molecule has 0 spiro atoms. The zero-order valence-electron chi connectivity index (χ0n) is 12.1. The molecule has 106 valence electrons. The highest BCUT2D eigenvalue weighted by Gasteiger charge is 2.13. The maximum atomic E-state index is 5.40. The lowest BCUT2D eigenvalue weighted by Gasteiger charge is -2.16. The Morgan fingerprint density at radius 2 is 2.05 bits per heavy atom. The van der Waals surface area contributed by atoms with Gasteiger partial charge in [0.2, 0.25) is 0 Å².